The van der Waals surface area contributed by atoms with Crippen LogP contribution >= 0.6 is 0 Å². The molecule has 129 heavy (non-hydrogen) atoms. The zero-order valence-electron chi connectivity index (χ0n) is 76.1. The first-order valence-corrected chi connectivity index (χ1v) is 47.7. The van der Waals surface area contributed by atoms with Crippen LogP contribution in [0.2, 0.25) is 0 Å². The number of aromatic nitrogens is 3. The van der Waals surface area contributed by atoms with E-state index in [4.69, 9.17) is 14.2 Å². The molecule has 20 heteroatoms. The second-order valence-electron chi connectivity index (χ2n) is 40.7. The van der Waals surface area contributed by atoms with Crippen LogP contribution in [0.25, 0.3) is 16.7 Å². The molecular weight excluding hydrogens is 1620 g/mol. The zero-order valence-corrected chi connectivity index (χ0v) is 76.1. The van der Waals surface area contributed by atoms with E-state index in [0.717, 1.165) is 113 Å². The molecule has 3 N–H and O–H groups in total. The number of esters is 2. The van der Waals surface area contributed by atoms with Gasteiger partial charge in [-0.25, -0.2) is 4.79 Å². The normalized spacial score (nSPS) is 31.1. The maximum absolute atomic E-state index is 13.1. The van der Waals surface area contributed by atoms with E-state index in [-0.39, 0.29) is 126 Å². The molecule has 12 aliphatic rings. The summed E-state index contributed by atoms with van der Waals surface area (Å²) in [6.07, 6.45) is 47.4. The van der Waals surface area contributed by atoms with Gasteiger partial charge in [0, 0.05) is 88.9 Å². The van der Waals surface area contributed by atoms with E-state index >= 15 is 0 Å². The van der Waals surface area contributed by atoms with Gasteiger partial charge in [-0.3, -0.25) is 53.4 Å². The van der Waals surface area contributed by atoms with Gasteiger partial charge >= 0.3 is 35.9 Å². The van der Waals surface area contributed by atoms with Crippen molar-refractivity contribution < 1.29 is 67.9 Å². The van der Waals surface area contributed by atoms with Gasteiger partial charge in [0.15, 0.2) is 0 Å². The molecule has 18 atom stereocenters. The molecule has 20 nitrogen and oxygen atoms in total. The minimum atomic E-state index is -1.08. The summed E-state index contributed by atoms with van der Waals surface area (Å²) in [5.74, 6) is 1.19. The van der Waals surface area contributed by atoms with Crippen molar-refractivity contribution in [2.45, 2.75) is 240 Å². The van der Waals surface area contributed by atoms with Crippen LogP contribution in [-0.4, -0.2) is 137 Å². The average Bonchev–Trinajstić information content (AvgIpc) is 1.70. The molecule has 0 radical (unpaired) electrons. The quantitative estimate of drug-likeness (QED) is 0.0273. The van der Waals surface area contributed by atoms with Crippen LogP contribution in [0.15, 0.2) is 218 Å². The van der Waals surface area contributed by atoms with E-state index in [1.54, 1.807) is 0 Å². The molecule has 0 unspecified atom stereocenters. The monoisotopic (exact) mass is 1750 g/mol. The van der Waals surface area contributed by atoms with Crippen LogP contribution < -0.4 is 0 Å². The fourth-order valence-corrected chi connectivity index (χ4v) is 27.0. The molecule has 3 amide bonds. The highest BCUT2D eigenvalue weighted by Crippen LogP contribution is 2.70. The number of pyridine rings is 3. The van der Waals surface area contributed by atoms with Crippen molar-refractivity contribution in [2.24, 2.45) is 85.8 Å². The molecule has 0 bridgehead atoms. The molecule has 3 aromatic carbocycles. The molecule has 18 rings (SSSR count). The highest BCUT2D eigenvalue weighted by atomic mass is 16.6. The van der Waals surface area contributed by atoms with E-state index in [9.17, 15) is 53.7 Å². The Morgan fingerprint density at radius 1 is 0.349 bits per heavy atom. The molecule has 680 valence electrons. The number of aliphatic carboxylic acids is 3. The summed E-state index contributed by atoms with van der Waals surface area (Å²) in [6, 6.07) is 41.1. The Morgan fingerprint density at radius 2 is 0.674 bits per heavy atom. The standard InChI is InChI=1S/C38H46N2O5.C37H44N2O5.C34H40N2O4/c1-37-19-16-29(45-36(44)15-14-34(41)40(25-35(42)43)22-18-26-7-4-3-5-8-26)23-28(37)10-11-30-32-13-12-31(27-9-6-21-39-24-27)38(32,2)20-17-33(30)37;1-36-18-16-28(44-35(43)15-14-33(40)39(24-34(41)42)23-25-7-4-3-5-8-25)21-27(36)10-11-29-31-13-12-30(26-9-6-20-38-22-26)37(31,2)19-17-32(29)36;1-33-16-14-26(40-32(39)36(22-31(37)38)21-23-7-4-3-5-8-23)19-25(33)10-11-27-29-13-12-28(24-9-6-18-35-20-24)34(29,2)17-15-30(27)33/h3-10,12,21,24,29-30,32-33H,11,13-20,22-23,25H2,1-2H3,(H,42,43);3-10,12,20,22,28-29,31-32H,11,13-19,21,23-24H2,1-2H3,(H,41,42);3-10,12,18,20,26-27,29-30H,11,13-17,19,21-22H2,1-2H3,(H,37,38)/t29-,30-,32-,33-,37-,38+;28-,29-,31-,32-,36-,37+;26-,27-,29-,30-,33-,34+/m000/s1. The van der Waals surface area contributed by atoms with E-state index in [1.807, 2.05) is 146 Å². The van der Waals surface area contributed by atoms with Gasteiger partial charge in [0.1, 0.15) is 37.9 Å². The summed E-state index contributed by atoms with van der Waals surface area (Å²) in [7, 11) is 0. The number of fused-ring (bicyclic) bond motifs is 15. The van der Waals surface area contributed by atoms with Crippen LogP contribution in [0.1, 0.15) is 235 Å². The van der Waals surface area contributed by atoms with E-state index in [2.05, 4.69) is 111 Å². The summed E-state index contributed by atoms with van der Waals surface area (Å²) in [5, 5.41) is 28.1. The van der Waals surface area contributed by atoms with E-state index < -0.39 is 30.5 Å². The number of carbonyl (C=O) groups excluding carboxylic acids is 5. The Bertz CT molecular complexity index is 5270. The number of carboxylic acid groups (broad SMARTS) is 3. The molecular formula is C109H130N6O14. The fraction of sp³-hybridized carbons (Fsp3) is 0.514. The van der Waals surface area contributed by atoms with Crippen LogP contribution in [0.3, 0.4) is 0 Å². The molecule has 12 aliphatic carbocycles. The Labute approximate surface area is 760 Å². The number of hydrogen-bond acceptors (Lipinski definition) is 14. The third kappa shape index (κ3) is 19.5. The third-order valence-electron chi connectivity index (χ3n) is 33.7. The average molecular weight is 1750 g/mol. The second kappa shape index (κ2) is 39.0. The smallest absolute Gasteiger partial charge is 0.410 e. The van der Waals surface area contributed by atoms with E-state index in [0.29, 0.717) is 66.2 Å². The Balaban J connectivity index is 0.000000142. The summed E-state index contributed by atoms with van der Waals surface area (Å²) >= 11 is 0. The number of amides is 3. The topological polar surface area (TPSA) is 273 Å². The fourth-order valence-electron chi connectivity index (χ4n) is 27.0. The molecule has 6 fully saturated rings. The van der Waals surface area contributed by atoms with Gasteiger partial charge in [0.2, 0.25) is 11.8 Å². The van der Waals surface area contributed by atoms with Gasteiger partial charge in [-0.05, 0) is 276 Å². The number of carboxylic acids is 3. The van der Waals surface area contributed by atoms with Crippen molar-refractivity contribution in [3.8, 4) is 0 Å². The lowest BCUT2D eigenvalue weighted by atomic mass is 9.47. The van der Waals surface area contributed by atoms with Crippen molar-refractivity contribution >= 4 is 64.5 Å². The Kier molecular flexibility index (Phi) is 27.7. The number of carbonyl (C=O) groups is 8. The molecule has 0 spiro atoms. The van der Waals surface area contributed by atoms with Crippen molar-refractivity contribution in [1.82, 2.24) is 29.7 Å². The van der Waals surface area contributed by atoms with Crippen molar-refractivity contribution in [3.63, 3.8) is 0 Å². The maximum atomic E-state index is 13.1. The summed E-state index contributed by atoms with van der Waals surface area (Å²) < 4.78 is 17.8. The number of rotatable bonds is 25. The van der Waals surface area contributed by atoms with Crippen LogP contribution in [0.5, 0.6) is 0 Å². The highest BCUT2D eigenvalue weighted by molar-refractivity contribution is 5.86. The first kappa shape index (κ1) is 91.4. The summed E-state index contributed by atoms with van der Waals surface area (Å²) in [4.78, 5) is 116. The molecule has 0 aliphatic heterocycles. The van der Waals surface area contributed by atoms with Gasteiger partial charge in [0.25, 0.3) is 0 Å². The van der Waals surface area contributed by atoms with Crippen LogP contribution in [-0.2, 0) is 67.3 Å². The van der Waals surface area contributed by atoms with Crippen molar-refractivity contribution in [2.75, 3.05) is 26.2 Å². The van der Waals surface area contributed by atoms with E-state index in [1.165, 1.54) is 103 Å². The minimum absolute atomic E-state index is 0.0374. The second-order valence-corrected chi connectivity index (χ2v) is 40.7. The molecule has 3 heterocycles. The Hall–Kier alpha value is -10.9. The van der Waals surface area contributed by atoms with Gasteiger partial charge in [-0.2, -0.15) is 0 Å². The van der Waals surface area contributed by atoms with Crippen molar-refractivity contribution in [1.29, 1.82) is 0 Å². The lowest BCUT2D eigenvalue weighted by Crippen LogP contribution is -2.50. The lowest BCUT2D eigenvalue weighted by molar-refractivity contribution is -0.154. The first-order chi connectivity index (χ1) is 62.1. The van der Waals surface area contributed by atoms with Gasteiger partial charge < -0.3 is 39.3 Å². The zero-order chi connectivity index (χ0) is 90.4. The largest absolute Gasteiger partial charge is 0.480 e. The lowest BCUT2D eigenvalue weighted by Gasteiger charge is -2.57. The Morgan fingerprint density at radius 3 is 1.03 bits per heavy atom. The van der Waals surface area contributed by atoms with Crippen LogP contribution in [0, 0.1) is 85.8 Å². The molecule has 3 aromatic heterocycles. The molecule has 0 saturated heterocycles. The van der Waals surface area contributed by atoms with Crippen LogP contribution in [0.4, 0.5) is 4.79 Å². The molecule has 6 saturated carbocycles. The number of nitrogens with zero attached hydrogens (tertiary/aromatic N) is 6. The summed E-state index contributed by atoms with van der Waals surface area (Å²) in [6.45, 7) is 14.3. The molecule has 6 aromatic rings. The number of hydrogen-bond donors (Lipinski definition) is 3. The highest BCUT2D eigenvalue weighted by Gasteiger charge is 2.61. The van der Waals surface area contributed by atoms with Crippen molar-refractivity contribution in [3.05, 3.63) is 251 Å². The summed E-state index contributed by atoms with van der Waals surface area (Å²) in [5.41, 5.74) is 16.3. The van der Waals surface area contributed by atoms with Gasteiger partial charge in [-0.1, -0.05) is 204 Å². The van der Waals surface area contributed by atoms with Gasteiger partial charge in [0.05, 0.1) is 12.8 Å². The number of allylic oxidation sites excluding steroid dienone is 9. The maximum Gasteiger partial charge on any atom is 0.410 e. The number of ether oxygens (including phenoxy) is 3. The third-order valence-corrected chi connectivity index (χ3v) is 33.7. The van der Waals surface area contributed by atoms with Gasteiger partial charge in [-0.15, -0.1) is 0 Å². The minimum Gasteiger partial charge on any atom is -0.480 e. The number of benzene rings is 3. The SMILES string of the molecule is C[C@]12CC[C@H](OC(=O)CCC(=O)N(CC(=O)O)Cc3ccccc3)CC1=CC[C@@H]1[C@@H]2CC[C@]2(C)C(c3cccnc3)=CC[C@@H]12.C[C@]12CC[C@H](OC(=O)CCC(=O)N(CCc3ccccc3)CC(=O)O)CC1=CC[C@@H]1[C@@H]2CC[C@]2(C)C(c3cccnc3)=CC[C@@H]12.C[C@]12CC[C@H](OC(=O)N(CC(=O)O)Cc3ccccc3)CC1=CC[C@@H]1[C@@H]2CC[C@]2(C)C(c3cccnc3)=CC[C@@H]12. The predicted octanol–water partition coefficient (Wildman–Crippen LogP) is 20.9. The predicted molar refractivity (Wildman–Crippen MR) is 495 cm³/mol. The first-order valence-electron chi connectivity index (χ1n) is 47.7.